The average Bonchev–Trinajstić information content (AvgIpc) is 2.67. The van der Waals surface area contributed by atoms with Crippen LogP contribution in [0.3, 0.4) is 0 Å². The highest BCUT2D eigenvalue weighted by atomic mass is 35.5. The standard InChI is InChI=1S/C16H25ClN2/c1-2-13-8-4-3-7-11-19(13)16(12-18)14-9-5-6-10-15(14)17/h5-6,9-10,13,16H,2-4,7-8,11-12,18H2,1H3. The third kappa shape index (κ3) is 3.50. The monoisotopic (exact) mass is 280 g/mol. The van der Waals surface area contributed by atoms with Crippen LogP contribution in [0.2, 0.25) is 5.02 Å². The lowest BCUT2D eigenvalue weighted by Crippen LogP contribution is -2.41. The van der Waals surface area contributed by atoms with Gasteiger partial charge in [-0.1, -0.05) is 49.6 Å². The molecule has 0 saturated carbocycles. The second-order valence-corrected chi connectivity index (χ2v) is 5.83. The number of nitrogens with two attached hydrogens (primary N) is 1. The largest absolute Gasteiger partial charge is 0.329 e. The van der Waals surface area contributed by atoms with E-state index in [0.717, 1.165) is 11.6 Å². The molecule has 3 heteroatoms. The fourth-order valence-corrected chi connectivity index (χ4v) is 3.50. The van der Waals surface area contributed by atoms with Crippen LogP contribution >= 0.6 is 11.6 Å². The van der Waals surface area contributed by atoms with Gasteiger partial charge in [-0.05, 0) is 37.4 Å². The Kier molecular flexibility index (Phi) is 5.68. The van der Waals surface area contributed by atoms with Gasteiger partial charge in [0, 0.05) is 23.7 Å². The van der Waals surface area contributed by atoms with Crippen molar-refractivity contribution in [3.05, 3.63) is 34.9 Å². The molecule has 2 rings (SSSR count). The lowest BCUT2D eigenvalue weighted by atomic mass is 10.0. The molecule has 0 aromatic heterocycles. The highest BCUT2D eigenvalue weighted by molar-refractivity contribution is 6.31. The second kappa shape index (κ2) is 7.28. The van der Waals surface area contributed by atoms with Crippen molar-refractivity contribution >= 4 is 11.6 Å². The van der Waals surface area contributed by atoms with E-state index in [0.29, 0.717) is 12.6 Å². The van der Waals surface area contributed by atoms with E-state index in [1.807, 2.05) is 12.1 Å². The quantitative estimate of drug-likeness (QED) is 0.903. The molecule has 1 saturated heterocycles. The molecule has 2 N–H and O–H groups in total. The van der Waals surface area contributed by atoms with Crippen LogP contribution in [0, 0.1) is 0 Å². The molecule has 0 spiro atoms. The number of hydrogen-bond acceptors (Lipinski definition) is 2. The summed E-state index contributed by atoms with van der Waals surface area (Å²) in [5, 5.41) is 0.844. The Bertz CT molecular complexity index is 394. The topological polar surface area (TPSA) is 29.3 Å². The van der Waals surface area contributed by atoms with Crippen LogP contribution in [0.15, 0.2) is 24.3 Å². The first-order chi connectivity index (χ1) is 9.27. The first-order valence-electron chi connectivity index (χ1n) is 7.48. The van der Waals surface area contributed by atoms with Gasteiger partial charge in [0.25, 0.3) is 0 Å². The van der Waals surface area contributed by atoms with Gasteiger partial charge in [0.15, 0.2) is 0 Å². The van der Waals surface area contributed by atoms with Gasteiger partial charge in [-0.2, -0.15) is 0 Å². The maximum atomic E-state index is 6.37. The van der Waals surface area contributed by atoms with Crippen LogP contribution in [0.4, 0.5) is 0 Å². The average molecular weight is 281 g/mol. The highest BCUT2D eigenvalue weighted by Gasteiger charge is 2.27. The van der Waals surface area contributed by atoms with Gasteiger partial charge in [0.1, 0.15) is 0 Å². The molecule has 106 valence electrons. The van der Waals surface area contributed by atoms with Crippen molar-refractivity contribution in [1.82, 2.24) is 4.90 Å². The van der Waals surface area contributed by atoms with E-state index in [1.165, 1.54) is 37.7 Å². The molecule has 1 fully saturated rings. The molecule has 0 amide bonds. The van der Waals surface area contributed by atoms with Crippen LogP contribution in [-0.2, 0) is 0 Å². The first-order valence-corrected chi connectivity index (χ1v) is 7.86. The zero-order valence-electron chi connectivity index (χ0n) is 11.8. The van der Waals surface area contributed by atoms with Gasteiger partial charge < -0.3 is 5.73 Å². The predicted octanol–water partition coefficient (Wildman–Crippen LogP) is 3.99. The fraction of sp³-hybridized carbons (Fsp3) is 0.625. The molecular weight excluding hydrogens is 256 g/mol. The van der Waals surface area contributed by atoms with E-state index >= 15 is 0 Å². The molecule has 0 aliphatic carbocycles. The minimum atomic E-state index is 0.261. The number of benzene rings is 1. The van der Waals surface area contributed by atoms with Crippen LogP contribution in [0.25, 0.3) is 0 Å². The molecule has 2 nitrogen and oxygen atoms in total. The van der Waals surface area contributed by atoms with Gasteiger partial charge in [-0.15, -0.1) is 0 Å². The highest BCUT2D eigenvalue weighted by Crippen LogP contribution is 2.32. The van der Waals surface area contributed by atoms with E-state index < -0.39 is 0 Å². The summed E-state index contributed by atoms with van der Waals surface area (Å²) >= 11 is 6.37. The Balaban J connectivity index is 2.26. The lowest BCUT2D eigenvalue weighted by Gasteiger charge is -2.36. The van der Waals surface area contributed by atoms with Crippen LogP contribution < -0.4 is 5.73 Å². The third-order valence-corrected chi connectivity index (χ3v) is 4.63. The summed E-state index contributed by atoms with van der Waals surface area (Å²) in [6.07, 6.45) is 6.44. The van der Waals surface area contributed by atoms with Crippen molar-refractivity contribution in [2.45, 2.75) is 51.1 Å². The summed E-state index contributed by atoms with van der Waals surface area (Å²) in [4.78, 5) is 2.59. The van der Waals surface area contributed by atoms with E-state index in [4.69, 9.17) is 17.3 Å². The molecule has 2 unspecified atom stereocenters. The van der Waals surface area contributed by atoms with Gasteiger partial charge in [-0.25, -0.2) is 0 Å². The Hall–Kier alpha value is -0.570. The molecule has 1 heterocycles. The normalized spacial score (nSPS) is 23.0. The maximum absolute atomic E-state index is 6.37. The minimum Gasteiger partial charge on any atom is -0.329 e. The van der Waals surface area contributed by atoms with Crippen molar-refractivity contribution in [2.24, 2.45) is 5.73 Å². The molecule has 0 radical (unpaired) electrons. The van der Waals surface area contributed by atoms with Crippen molar-refractivity contribution in [1.29, 1.82) is 0 Å². The zero-order chi connectivity index (χ0) is 13.7. The summed E-state index contributed by atoms with van der Waals surface area (Å²) in [6, 6.07) is 9.04. The third-order valence-electron chi connectivity index (χ3n) is 4.28. The molecule has 19 heavy (non-hydrogen) atoms. The smallest absolute Gasteiger partial charge is 0.0488 e. The lowest BCUT2D eigenvalue weighted by molar-refractivity contribution is 0.136. The number of nitrogens with zero attached hydrogens (tertiary/aromatic N) is 1. The summed E-state index contributed by atoms with van der Waals surface area (Å²) in [6.45, 7) is 4.06. The molecule has 2 atom stereocenters. The molecule has 1 aliphatic heterocycles. The summed E-state index contributed by atoms with van der Waals surface area (Å²) < 4.78 is 0. The summed E-state index contributed by atoms with van der Waals surface area (Å²) in [7, 11) is 0. The zero-order valence-corrected chi connectivity index (χ0v) is 12.6. The molecular formula is C16H25ClN2. The SMILES string of the molecule is CCC1CCCCCN1C(CN)c1ccccc1Cl. The van der Waals surface area contributed by atoms with Crippen LogP contribution in [0.5, 0.6) is 0 Å². The Morgan fingerprint density at radius 3 is 2.79 bits per heavy atom. The number of hydrogen-bond donors (Lipinski definition) is 1. The number of halogens is 1. The number of likely N-dealkylation sites (tertiary alicyclic amines) is 1. The van der Waals surface area contributed by atoms with Crippen molar-refractivity contribution in [3.63, 3.8) is 0 Å². The van der Waals surface area contributed by atoms with Crippen LogP contribution in [0.1, 0.15) is 50.6 Å². The van der Waals surface area contributed by atoms with E-state index in [2.05, 4.69) is 24.0 Å². The van der Waals surface area contributed by atoms with Gasteiger partial charge in [0.2, 0.25) is 0 Å². The van der Waals surface area contributed by atoms with Crippen molar-refractivity contribution < 1.29 is 0 Å². The summed E-state index contributed by atoms with van der Waals surface area (Å²) in [5.74, 6) is 0. The minimum absolute atomic E-state index is 0.261. The fourth-order valence-electron chi connectivity index (χ4n) is 3.23. The van der Waals surface area contributed by atoms with Gasteiger partial charge >= 0.3 is 0 Å². The molecule has 1 aromatic rings. The van der Waals surface area contributed by atoms with Gasteiger partial charge in [-0.3, -0.25) is 4.90 Å². The van der Waals surface area contributed by atoms with Gasteiger partial charge in [0.05, 0.1) is 0 Å². The van der Waals surface area contributed by atoms with E-state index in [-0.39, 0.29) is 6.04 Å². The predicted molar refractivity (Wildman–Crippen MR) is 82.5 cm³/mol. The van der Waals surface area contributed by atoms with E-state index in [1.54, 1.807) is 0 Å². The van der Waals surface area contributed by atoms with Crippen molar-refractivity contribution in [3.8, 4) is 0 Å². The Morgan fingerprint density at radius 1 is 1.32 bits per heavy atom. The maximum Gasteiger partial charge on any atom is 0.0488 e. The number of rotatable bonds is 4. The summed E-state index contributed by atoms with van der Waals surface area (Å²) in [5.41, 5.74) is 7.26. The van der Waals surface area contributed by atoms with Crippen LogP contribution in [-0.4, -0.2) is 24.0 Å². The molecule has 1 aliphatic rings. The Labute approximate surface area is 121 Å². The Morgan fingerprint density at radius 2 is 2.11 bits per heavy atom. The first kappa shape index (κ1) is 14.8. The van der Waals surface area contributed by atoms with Crippen molar-refractivity contribution in [2.75, 3.05) is 13.1 Å². The molecule has 0 bridgehead atoms. The van der Waals surface area contributed by atoms with E-state index in [9.17, 15) is 0 Å². The molecule has 1 aromatic carbocycles. The second-order valence-electron chi connectivity index (χ2n) is 5.42.